The van der Waals surface area contributed by atoms with Crippen molar-refractivity contribution in [2.45, 2.75) is 33.1 Å². The summed E-state index contributed by atoms with van der Waals surface area (Å²) in [6, 6.07) is 2.27. The van der Waals surface area contributed by atoms with Crippen molar-refractivity contribution in [2.24, 2.45) is 5.92 Å². The number of piperidine rings is 1. The maximum atomic E-state index is 5.60. The minimum absolute atomic E-state index is 0.743. The van der Waals surface area contributed by atoms with E-state index in [4.69, 9.17) is 4.74 Å². The van der Waals surface area contributed by atoms with Gasteiger partial charge in [0.1, 0.15) is 5.75 Å². The van der Waals surface area contributed by atoms with Crippen LogP contribution in [-0.2, 0) is 6.42 Å². The summed E-state index contributed by atoms with van der Waals surface area (Å²) in [5.41, 5.74) is 3.87. The maximum Gasteiger partial charge on any atom is 0.126 e. The van der Waals surface area contributed by atoms with Crippen molar-refractivity contribution >= 4 is 15.9 Å². The molecule has 2 rings (SSSR count). The Kier molecular flexibility index (Phi) is 4.68. The highest BCUT2D eigenvalue weighted by Crippen LogP contribution is 2.34. The number of hydrogen-bond acceptors (Lipinski definition) is 2. The van der Waals surface area contributed by atoms with E-state index in [9.17, 15) is 0 Å². The molecule has 18 heavy (non-hydrogen) atoms. The molecule has 0 bridgehead atoms. The lowest BCUT2D eigenvalue weighted by Crippen LogP contribution is -2.31. The molecule has 1 aliphatic rings. The van der Waals surface area contributed by atoms with E-state index in [0.29, 0.717) is 0 Å². The molecule has 1 aliphatic heterocycles. The first-order chi connectivity index (χ1) is 8.63. The van der Waals surface area contributed by atoms with E-state index in [0.717, 1.165) is 24.6 Å². The van der Waals surface area contributed by atoms with Gasteiger partial charge in [0.25, 0.3) is 0 Å². The summed E-state index contributed by atoms with van der Waals surface area (Å²) in [6.07, 6.45) is 3.73. The van der Waals surface area contributed by atoms with Crippen molar-refractivity contribution in [1.29, 1.82) is 0 Å². The van der Waals surface area contributed by atoms with Gasteiger partial charge in [-0.25, -0.2) is 0 Å². The topological polar surface area (TPSA) is 21.3 Å². The molecule has 0 spiro atoms. The first kappa shape index (κ1) is 13.9. The van der Waals surface area contributed by atoms with Gasteiger partial charge in [-0.1, -0.05) is 22.0 Å². The zero-order valence-corrected chi connectivity index (χ0v) is 13.1. The molecule has 1 N–H and O–H groups in total. The van der Waals surface area contributed by atoms with E-state index in [1.165, 1.54) is 40.5 Å². The van der Waals surface area contributed by atoms with E-state index in [2.05, 4.69) is 41.2 Å². The van der Waals surface area contributed by atoms with Crippen LogP contribution in [0.2, 0.25) is 0 Å². The minimum Gasteiger partial charge on any atom is -0.496 e. The molecule has 1 atom stereocenters. The highest BCUT2D eigenvalue weighted by Gasteiger charge is 2.18. The molecule has 0 amide bonds. The third kappa shape index (κ3) is 2.89. The molecule has 3 heteroatoms. The van der Waals surface area contributed by atoms with Crippen LogP contribution in [0.1, 0.15) is 29.5 Å². The molecule has 1 unspecified atom stereocenters. The summed E-state index contributed by atoms with van der Waals surface area (Å²) in [5, 5.41) is 3.48. The lowest BCUT2D eigenvalue weighted by Gasteiger charge is -2.24. The number of aryl methyl sites for hydroxylation is 1. The number of ether oxygens (including phenoxy) is 1. The molecule has 1 saturated heterocycles. The molecule has 0 aromatic heterocycles. The molecule has 0 radical (unpaired) electrons. The summed E-state index contributed by atoms with van der Waals surface area (Å²) < 4.78 is 6.77. The Hall–Kier alpha value is -0.540. The van der Waals surface area contributed by atoms with Gasteiger partial charge in [-0.3, -0.25) is 0 Å². The van der Waals surface area contributed by atoms with Crippen molar-refractivity contribution in [3.05, 3.63) is 27.2 Å². The highest BCUT2D eigenvalue weighted by atomic mass is 79.9. The Bertz CT molecular complexity index is 425. The monoisotopic (exact) mass is 311 g/mol. The normalized spacial score (nSPS) is 19.9. The fourth-order valence-electron chi connectivity index (χ4n) is 2.87. The number of halogens is 1. The van der Waals surface area contributed by atoms with Gasteiger partial charge in [-0.2, -0.15) is 0 Å². The van der Waals surface area contributed by atoms with Gasteiger partial charge in [-0.05, 0) is 63.2 Å². The number of nitrogens with one attached hydrogen (secondary N) is 1. The van der Waals surface area contributed by atoms with E-state index in [1.54, 1.807) is 7.11 Å². The Morgan fingerprint density at radius 2 is 2.22 bits per heavy atom. The molecule has 1 aromatic rings. The van der Waals surface area contributed by atoms with Gasteiger partial charge in [-0.15, -0.1) is 0 Å². The van der Waals surface area contributed by atoms with Crippen LogP contribution in [-0.4, -0.2) is 20.2 Å². The van der Waals surface area contributed by atoms with E-state index < -0.39 is 0 Å². The number of benzene rings is 1. The second kappa shape index (κ2) is 6.07. The second-order valence-corrected chi connectivity index (χ2v) is 6.03. The zero-order valence-electron chi connectivity index (χ0n) is 11.5. The third-order valence-electron chi connectivity index (χ3n) is 3.81. The van der Waals surface area contributed by atoms with Crippen molar-refractivity contribution in [2.75, 3.05) is 20.2 Å². The van der Waals surface area contributed by atoms with Gasteiger partial charge in [0.15, 0.2) is 0 Å². The first-order valence-electron chi connectivity index (χ1n) is 6.66. The van der Waals surface area contributed by atoms with Crippen molar-refractivity contribution in [1.82, 2.24) is 5.32 Å². The minimum atomic E-state index is 0.743. The lowest BCUT2D eigenvalue weighted by atomic mass is 9.90. The Morgan fingerprint density at radius 3 is 2.83 bits per heavy atom. The van der Waals surface area contributed by atoms with Gasteiger partial charge in [0, 0.05) is 10.0 Å². The van der Waals surface area contributed by atoms with Gasteiger partial charge >= 0.3 is 0 Å². The van der Waals surface area contributed by atoms with Crippen LogP contribution in [0.4, 0.5) is 0 Å². The first-order valence-corrected chi connectivity index (χ1v) is 7.46. The standard InChI is InChI=1S/C15H22BrNO/c1-10-7-13(8-12-5-4-6-17-9-12)15(18-3)11(2)14(10)16/h7,12,17H,4-6,8-9H2,1-3H3. The predicted octanol–water partition coefficient (Wildman–Crippen LogP) is 3.62. The summed E-state index contributed by atoms with van der Waals surface area (Å²) in [4.78, 5) is 0. The van der Waals surface area contributed by atoms with Crippen LogP contribution in [0.25, 0.3) is 0 Å². The fourth-order valence-corrected chi connectivity index (χ4v) is 3.17. The Morgan fingerprint density at radius 1 is 1.44 bits per heavy atom. The Labute approximate surface area is 118 Å². The van der Waals surface area contributed by atoms with E-state index >= 15 is 0 Å². The molecular weight excluding hydrogens is 290 g/mol. The SMILES string of the molecule is COc1c(CC2CCCNC2)cc(C)c(Br)c1C. The second-order valence-electron chi connectivity index (χ2n) is 5.24. The van der Waals surface area contributed by atoms with Gasteiger partial charge < -0.3 is 10.1 Å². The highest BCUT2D eigenvalue weighted by molar-refractivity contribution is 9.10. The van der Waals surface area contributed by atoms with E-state index in [1.807, 2.05) is 0 Å². The molecule has 0 aliphatic carbocycles. The molecule has 2 nitrogen and oxygen atoms in total. The van der Waals surface area contributed by atoms with Crippen molar-refractivity contribution in [3.8, 4) is 5.75 Å². The largest absolute Gasteiger partial charge is 0.496 e. The molecule has 100 valence electrons. The average Bonchev–Trinajstić information content (AvgIpc) is 2.38. The van der Waals surface area contributed by atoms with Gasteiger partial charge in [0.2, 0.25) is 0 Å². The summed E-state index contributed by atoms with van der Waals surface area (Å²) >= 11 is 3.64. The van der Waals surface area contributed by atoms with Gasteiger partial charge in [0.05, 0.1) is 7.11 Å². The predicted molar refractivity (Wildman–Crippen MR) is 79.5 cm³/mol. The fraction of sp³-hybridized carbons (Fsp3) is 0.600. The molecule has 0 saturated carbocycles. The van der Waals surface area contributed by atoms with E-state index in [-0.39, 0.29) is 0 Å². The third-order valence-corrected chi connectivity index (χ3v) is 5.03. The number of rotatable bonds is 3. The molecule has 1 fully saturated rings. The van der Waals surface area contributed by atoms with Crippen LogP contribution in [0.3, 0.4) is 0 Å². The lowest BCUT2D eigenvalue weighted by molar-refractivity contribution is 0.363. The van der Waals surface area contributed by atoms with Crippen LogP contribution in [0.15, 0.2) is 10.5 Å². The quantitative estimate of drug-likeness (QED) is 0.920. The number of hydrogen-bond donors (Lipinski definition) is 1. The summed E-state index contributed by atoms with van der Waals surface area (Å²) in [7, 11) is 1.77. The number of methoxy groups -OCH3 is 1. The smallest absolute Gasteiger partial charge is 0.126 e. The van der Waals surface area contributed by atoms with Crippen LogP contribution < -0.4 is 10.1 Å². The molecule has 1 aromatic carbocycles. The van der Waals surface area contributed by atoms with Crippen LogP contribution in [0.5, 0.6) is 5.75 Å². The summed E-state index contributed by atoms with van der Waals surface area (Å²) in [6.45, 7) is 6.58. The average molecular weight is 312 g/mol. The summed E-state index contributed by atoms with van der Waals surface area (Å²) in [5.74, 6) is 1.80. The van der Waals surface area contributed by atoms with Crippen molar-refractivity contribution < 1.29 is 4.74 Å². The van der Waals surface area contributed by atoms with Crippen LogP contribution in [0, 0.1) is 19.8 Å². The van der Waals surface area contributed by atoms with Crippen LogP contribution >= 0.6 is 15.9 Å². The molecule has 1 heterocycles. The van der Waals surface area contributed by atoms with Crippen molar-refractivity contribution in [3.63, 3.8) is 0 Å². The Balaban J connectivity index is 2.25. The maximum absolute atomic E-state index is 5.60. The zero-order chi connectivity index (χ0) is 13.1. The molecular formula is C15H22BrNO.